The van der Waals surface area contributed by atoms with Crippen molar-refractivity contribution >= 4 is 21.9 Å². The Balaban J connectivity index is 2.25. The van der Waals surface area contributed by atoms with Crippen LogP contribution in [0.3, 0.4) is 0 Å². The van der Waals surface area contributed by atoms with Gasteiger partial charge in [-0.3, -0.25) is 9.78 Å². The molecule has 0 radical (unpaired) electrons. The van der Waals surface area contributed by atoms with Crippen LogP contribution in [0.15, 0.2) is 23.4 Å². The molecular weight excluding hydrogens is 310 g/mol. The van der Waals surface area contributed by atoms with Crippen molar-refractivity contribution in [2.75, 3.05) is 26.2 Å². The molecule has 0 unspecified atom stereocenters. The Bertz CT molecular complexity index is 689. The van der Waals surface area contributed by atoms with Gasteiger partial charge in [-0.25, -0.2) is 13.2 Å². The van der Waals surface area contributed by atoms with Crippen LogP contribution < -0.4 is 0 Å². The molecule has 0 spiro atoms. The van der Waals surface area contributed by atoms with Crippen molar-refractivity contribution in [3.63, 3.8) is 0 Å². The zero-order valence-corrected chi connectivity index (χ0v) is 12.9. The third-order valence-electron chi connectivity index (χ3n) is 3.50. The van der Waals surface area contributed by atoms with Crippen LogP contribution in [0, 0.1) is 0 Å². The van der Waals surface area contributed by atoms with Crippen molar-refractivity contribution < 1.29 is 23.1 Å². The van der Waals surface area contributed by atoms with Gasteiger partial charge in [0.15, 0.2) is 0 Å². The molecule has 9 heteroatoms. The highest BCUT2D eigenvalue weighted by Crippen LogP contribution is 2.18. The predicted octanol–water partition coefficient (Wildman–Crippen LogP) is 0.0227. The van der Waals surface area contributed by atoms with Crippen LogP contribution >= 0.6 is 0 Å². The van der Waals surface area contributed by atoms with E-state index in [9.17, 15) is 18.0 Å². The van der Waals surface area contributed by atoms with E-state index in [2.05, 4.69) is 4.98 Å². The second-order valence-corrected chi connectivity index (χ2v) is 6.92. The lowest BCUT2D eigenvalue weighted by Gasteiger charge is -2.21. The molecule has 0 atom stereocenters. The molecule has 1 N–H and O–H groups in total. The van der Waals surface area contributed by atoms with Gasteiger partial charge in [0.2, 0.25) is 15.9 Å². The molecule has 0 aromatic carbocycles. The van der Waals surface area contributed by atoms with Crippen molar-refractivity contribution in [3.8, 4) is 0 Å². The Kier molecular flexibility index (Phi) is 4.77. The standard InChI is InChI=1S/C13H17N3O5S/c1-10(17)15-3-2-4-16(6-5-15)22(20,21)12-7-11(13(18)19)8-14-9-12/h7-9H,2-6H2,1H3,(H,18,19). The summed E-state index contributed by atoms with van der Waals surface area (Å²) < 4.78 is 26.4. The van der Waals surface area contributed by atoms with Crippen molar-refractivity contribution in [2.24, 2.45) is 0 Å². The summed E-state index contributed by atoms with van der Waals surface area (Å²) in [7, 11) is -3.82. The van der Waals surface area contributed by atoms with Crippen LogP contribution in [0.1, 0.15) is 23.7 Å². The van der Waals surface area contributed by atoms with Gasteiger partial charge >= 0.3 is 5.97 Å². The molecule has 1 aliphatic rings. The molecule has 0 saturated carbocycles. The van der Waals surface area contributed by atoms with Gasteiger partial charge in [-0.15, -0.1) is 0 Å². The molecule has 1 fully saturated rings. The third-order valence-corrected chi connectivity index (χ3v) is 5.36. The van der Waals surface area contributed by atoms with Crippen molar-refractivity contribution in [1.29, 1.82) is 0 Å². The minimum atomic E-state index is -3.82. The van der Waals surface area contributed by atoms with Gasteiger partial charge < -0.3 is 10.0 Å². The molecule has 1 amide bonds. The van der Waals surface area contributed by atoms with E-state index in [0.29, 0.717) is 19.5 Å². The van der Waals surface area contributed by atoms with Gasteiger partial charge in [-0.1, -0.05) is 0 Å². The van der Waals surface area contributed by atoms with E-state index in [1.807, 2.05) is 0 Å². The molecular formula is C13H17N3O5S. The maximum absolute atomic E-state index is 12.6. The molecule has 22 heavy (non-hydrogen) atoms. The molecule has 0 bridgehead atoms. The summed E-state index contributed by atoms with van der Waals surface area (Å²) in [5.74, 6) is -1.32. The summed E-state index contributed by atoms with van der Waals surface area (Å²) in [6.45, 7) is 2.74. The van der Waals surface area contributed by atoms with E-state index in [1.165, 1.54) is 11.2 Å². The zero-order chi connectivity index (χ0) is 16.3. The monoisotopic (exact) mass is 327 g/mol. The Morgan fingerprint density at radius 1 is 1.18 bits per heavy atom. The van der Waals surface area contributed by atoms with E-state index in [0.717, 1.165) is 18.5 Å². The molecule has 8 nitrogen and oxygen atoms in total. The van der Waals surface area contributed by atoms with E-state index in [-0.39, 0.29) is 29.5 Å². The fraction of sp³-hybridized carbons (Fsp3) is 0.462. The summed E-state index contributed by atoms with van der Waals surface area (Å²) >= 11 is 0. The number of aromatic carboxylic acids is 1. The highest BCUT2D eigenvalue weighted by atomic mass is 32.2. The van der Waals surface area contributed by atoms with Gasteiger partial charge in [0.1, 0.15) is 4.90 Å². The molecule has 1 aromatic heterocycles. The van der Waals surface area contributed by atoms with E-state index in [4.69, 9.17) is 5.11 Å². The number of aromatic nitrogens is 1. The molecule has 120 valence electrons. The van der Waals surface area contributed by atoms with Gasteiger partial charge in [0.25, 0.3) is 0 Å². The molecule has 1 aliphatic heterocycles. The highest BCUT2D eigenvalue weighted by molar-refractivity contribution is 7.89. The van der Waals surface area contributed by atoms with Crippen LogP contribution in [0.2, 0.25) is 0 Å². The fourth-order valence-corrected chi connectivity index (χ4v) is 3.73. The summed E-state index contributed by atoms with van der Waals surface area (Å²) in [6.07, 6.45) is 2.77. The Hall–Kier alpha value is -2.00. The van der Waals surface area contributed by atoms with Crippen LogP contribution in [0.4, 0.5) is 0 Å². The third kappa shape index (κ3) is 3.42. The summed E-state index contributed by atoms with van der Waals surface area (Å²) in [4.78, 5) is 27.4. The van der Waals surface area contributed by atoms with E-state index < -0.39 is 16.0 Å². The smallest absolute Gasteiger partial charge is 0.337 e. The quantitative estimate of drug-likeness (QED) is 0.838. The van der Waals surface area contributed by atoms with E-state index >= 15 is 0 Å². The van der Waals surface area contributed by atoms with Crippen LogP contribution in [-0.2, 0) is 14.8 Å². The largest absolute Gasteiger partial charge is 0.478 e. The topological polar surface area (TPSA) is 108 Å². The molecule has 1 saturated heterocycles. The Labute approximate surface area is 128 Å². The molecule has 2 rings (SSSR count). The average molecular weight is 327 g/mol. The van der Waals surface area contributed by atoms with Gasteiger partial charge in [0.05, 0.1) is 5.56 Å². The lowest BCUT2D eigenvalue weighted by Crippen LogP contribution is -2.36. The van der Waals surface area contributed by atoms with Crippen LogP contribution in [0.25, 0.3) is 0 Å². The number of pyridine rings is 1. The zero-order valence-electron chi connectivity index (χ0n) is 12.1. The first-order valence-electron chi connectivity index (χ1n) is 6.76. The predicted molar refractivity (Wildman–Crippen MR) is 76.8 cm³/mol. The van der Waals surface area contributed by atoms with Gasteiger partial charge in [-0.05, 0) is 12.5 Å². The first kappa shape index (κ1) is 16.4. The van der Waals surface area contributed by atoms with Crippen molar-refractivity contribution in [2.45, 2.75) is 18.2 Å². The van der Waals surface area contributed by atoms with E-state index in [1.54, 1.807) is 4.90 Å². The number of sulfonamides is 1. The highest BCUT2D eigenvalue weighted by Gasteiger charge is 2.28. The Morgan fingerprint density at radius 3 is 2.55 bits per heavy atom. The Morgan fingerprint density at radius 2 is 1.91 bits per heavy atom. The van der Waals surface area contributed by atoms with Gasteiger partial charge in [-0.2, -0.15) is 4.31 Å². The first-order valence-corrected chi connectivity index (χ1v) is 8.20. The van der Waals surface area contributed by atoms with Crippen molar-refractivity contribution in [1.82, 2.24) is 14.2 Å². The number of nitrogens with zero attached hydrogens (tertiary/aromatic N) is 3. The summed E-state index contributed by atoms with van der Waals surface area (Å²) in [5.41, 5.74) is -0.179. The molecule has 1 aromatic rings. The number of carbonyl (C=O) groups is 2. The number of amides is 1. The average Bonchev–Trinajstić information content (AvgIpc) is 2.73. The number of hydrogen-bond donors (Lipinski definition) is 1. The number of carboxylic acid groups (broad SMARTS) is 1. The number of hydrogen-bond acceptors (Lipinski definition) is 5. The maximum Gasteiger partial charge on any atom is 0.337 e. The van der Waals surface area contributed by atoms with Crippen molar-refractivity contribution in [3.05, 3.63) is 24.0 Å². The lowest BCUT2D eigenvalue weighted by molar-refractivity contribution is -0.128. The SMILES string of the molecule is CC(=O)N1CCCN(S(=O)(=O)c2cncc(C(=O)O)c2)CC1. The van der Waals surface area contributed by atoms with Gasteiger partial charge in [0, 0.05) is 45.5 Å². The lowest BCUT2D eigenvalue weighted by atomic mass is 10.3. The van der Waals surface area contributed by atoms with Crippen LogP contribution in [0.5, 0.6) is 0 Å². The minimum Gasteiger partial charge on any atom is -0.478 e. The molecule has 0 aliphatic carbocycles. The minimum absolute atomic E-state index is 0.0891. The normalized spacial score (nSPS) is 17.0. The van der Waals surface area contributed by atoms with Crippen LogP contribution in [-0.4, -0.2) is 65.8 Å². The summed E-state index contributed by atoms with van der Waals surface area (Å²) in [5, 5.41) is 8.93. The number of carboxylic acids is 1. The first-order chi connectivity index (χ1) is 10.3. The second-order valence-electron chi connectivity index (χ2n) is 4.98. The fourth-order valence-electron chi connectivity index (χ4n) is 2.27. The maximum atomic E-state index is 12.6. The number of rotatable bonds is 3. The summed E-state index contributed by atoms with van der Waals surface area (Å²) in [6, 6.07) is 1.10. The second kappa shape index (κ2) is 6.41. The molecule has 2 heterocycles. The number of carbonyl (C=O) groups excluding carboxylic acids is 1.